The summed E-state index contributed by atoms with van der Waals surface area (Å²) in [6, 6.07) is 2.41. The zero-order valence-corrected chi connectivity index (χ0v) is 11.0. The largest absolute Gasteiger partial charge is 0.376 e. The highest BCUT2D eigenvalue weighted by Gasteiger charge is 2.27. The van der Waals surface area contributed by atoms with Crippen molar-refractivity contribution in [2.24, 2.45) is 0 Å². The molecule has 2 rings (SSSR count). The van der Waals surface area contributed by atoms with Gasteiger partial charge in [0.25, 0.3) is 0 Å². The fourth-order valence-electron chi connectivity index (χ4n) is 1.75. The molecule has 2 unspecified atom stereocenters. The number of benzene rings is 1. The van der Waals surface area contributed by atoms with E-state index in [1.165, 1.54) is 19.1 Å². The van der Waals surface area contributed by atoms with Gasteiger partial charge in [-0.2, -0.15) is 0 Å². The standard InChI is InChI=1S/C12H13BrF2O2/c1-7-4-10(15)8(5-9(7)14)12(13)11-6-16-2-3-17-11/h4-5,11-12H,2-3,6H2,1H3. The number of hydrogen-bond acceptors (Lipinski definition) is 2. The Morgan fingerprint density at radius 1 is 1.29 bits per heavy atom. The predicted molar refractivity (Wildman–Crippen MR) is 63.3 cm³/mol. The van der Waals surface area contributed by atoms with Gasteiger partial charge in [-0.3, -0.25) is 0 Å². The molecular formula is C12H13BrF2O2. The molecule has 0 aliphatic carbocycles. The third-order valence-corrected chi connectivity index (χ3v) is 3.83. The molecule has 0 aromatic heterocycles. The van der Waals surface area contributed by atoms with Gasteiger partial charge in [0.05, 0.1) is 30.8 Å². The summed E-state index contributed by atoms with van der Waals surface area (Å²) in [5.41, 5.74) is 0.565. The first-order valence-corrected chi connectivity index (χ1v) is 6.30. The molecule has 1 fully saturated rings. The molecule has 0 amide bonds. The van der Waals surface area contributed by atoms with Gasteiger partial charge < -0.3 is 9.47 Å². The average Bonchev–Trinajstić information content (AvgIpc) is 2.34. The van der Waals surface area contributed by atoms with Gasteiger partial charge in [-0.05, 0) is 24.6 Å². The molecule has 1 aliphatic rings. The van der Waals surface area contributed by atoms with E-state index in [1.54, 1.807) is 0 Å². The van der Waals surface area contributed by atoms with Crippen LogP contribution in [0.1, 0.15) is 16.0 Å². The molecule has 0 bridgehead atoms. The van der Waals surface area contributed by atoms with Crippen molar-refractivity contribution in [1.29, 1.82) is 0 Å². The molecule has 1 aromatic rings. The normalized spacial score (nSPS) is 22.5. The van der Waals surface area contributed by atoms with Crippen LogP contribution in [0.3, 0.4) is 0 Å². The van der Waals surface area contributed by atoms with Gasteiger partial charge in [0.2, 0.25) is 0 Å². The second kappa shape index (κ2) is 5.42. The second-order valence-corrected chi connectivity index (χ2v) is 5.00. The number of ether oxygens (including phenoxy) is 2. The van der Waals surface area contributed by atoms with Crippen LogP contribution in [0.25, 0.3) is 0 Å². The molecule has 17 heavy (non-hydrogen) atoms. The van der Waals surface area contributed by atoms with Crippen molar-refractivity contribution >= 4 is 15.9 Å². The first kappa shape index (κ1) is 12.9. The zero-order valence-electron chi connectivity index (χ0n) is 9.38. The Kier molecular flexibility index (Phi) is 4.12. The van der Waals surface area contributed by atoms with E-state index in [1.807, 2.05) is 0 Å². The van der Waals surface area contributed by atoms with Crippen LogP contribution in [0, 0.1) is 18.6 Å². The van der Waals surface area contributed by atoms with Gasteiger partial charge in [0, 0.05) is 5.56 Å². The van der Waals surface area contributed by atoms with Crippen molar-refractivity contribution in [2.45, 2.75) is 17.9 Å². The first-order chi connectivity index (χ1) is 8.09. The number of alkyl halides is 1. The van der Waals surface area contributed by atoms with E-state index in [0.29, 0.717) is 25.4 Å². The summed E-state index contributed by atoms with van der Waals surface area (Å²) in [5.74, 6) is -0.845. The van der Waals surface area contributed by atoms with Crippen molar-refractivity contribution < 1.29 is 18.3 Å². The minimum atomic E-state index is -0.431. The summed E-state index contributed by atoms with van der Waals surface area (Å²) in [6.07, 6.45) is -0.291. The van der Waals surface area contributed by atoms with Crippen LogP contribution >= 0.6 is 15.9 Å². The van der Waals surface area contributed by atoms with Crippen molar-refractivity contribution in [2.75, 3.05) is 19.8 Å². The Hall–Kier alpha value is -0.520. The van der Waals surface area contributed by atoms with Gasteiger partial charge in [-0.25, -0.2) is 8.78 Å². The van der Waals surface area contributed by atoms with Crippen molar-refractivity contribution in [1.82, 2.24) is 0 Å². The molecule has 0 radical (unpaired) electrons. The SMILES string of the molecule is Cc1cc(F)c(C(Br)C2COCCO2)cc1F. The smallest absolute Gasteiger partial charge is 0.128 e. The quantitative estimate of drug-likeness (QED) is 0.782. The van der Waals surface area contributed by atoms with E-state index in [9.17, 15) is 8.78 Å². The summed E-state index contributed by atoms with van der Waals surface area (Å²) >= 11 is 3.35. The van der Waals surface area contributed by atoms with Crippen LogP contribution in [0.15, 0.2) is 12.1 Å². The monoisotopic (exact) mass is 306 g/mol. The number of aryl methyl sites for hydroxylation is 1. The van der Waals surface area contributed by atoms with E-state index < -0.39 is 16.5 Å². The van der Waals surface area contributed by atoms with Crippen LogP contribution in [-0.4, -0.2) is 25.9 Å². The van der Waals surface area contributed by atoms with Crippen LogP contribution in [0.4, 0.5) is 8.78 Å². The Balaban J connectivity index is 2.23. The van der Waals surface area contributed by atoms with Gasteiger partial charge in [-0.15, -0.1) is 0 Å². The topological polar surface area (TPSA) is 18.5 Å². The highest BCUT2D eigenvalue weighted by atomic mass is 79.9. The van der Waals surface area contributed by atoms with Crippen LogP contribution in [-0.2, 0) is 9.47 Å². The summed E-state index contributed by atoms with van der Waals surface area (Å²) in [5, 5.41) is 0. The van der Waals surface area contributed by atoms with Crippen LogP contribution in [0.5, 0.6) is 0 Å². The molecule has 2 nitrogen and oxygen atoms in total. The highest BCUT2D eigenvalue weighted by Crippen LogP contribution is 2.32. The van der Waals surface area contributed by atoms with Crippen molar-refractivity contribution in [3.63, 3.8) is 0 Å². The lowest BCUT2D eigenvalue weighted by Crippen LogP contribution is -2.32. The lowest BCUT2D eigenvalue weighted by Gasteiger charge is -2.27. The molecule has 5 heteroatoms. The minimum Gasteiger partial charge on any atom is -0.376 e. The fourth-order valence-corrected chi connectivity index (χ4v) is 2.40. The fraction of sp³-hybridized carbons (Fsp3) is 0.500. The predicted octanol–water partition coefficient (Wildman–Crippen LogP) is 3.12. The third kappa shape index (κ3) is 2.84. The lowest BCUT2D eigenvalue weighted by atomic mass is 10.0. The highest BCUT2D eigenvalue weighted by molar-refractivity contribution is 9.09. The Morgan fingerprint density at radius 2 is 2.06 bits per heavy atom. The summed E-state index contributed by atoms with van der Waals surface area (Å²) < 4.78 is 37.9. The zero-order chi connectivity index (χ0) is 12.4. The Labute approximate surface area is 107 Å². The molecule has 0 N–H and O–H groups in total. The van der Waals surface area contributed by atoms with Gasteiger partial charge >= 0.3 is 0 Å². The van der Waals surface area contributed by atoms with E-state index in [-0.39, 0.29) is 11.7 Å². The molecule has 94 valence electrons. The first-order valence-electron chi connectivity index (χ1n) is 5.38. The average molecular weight is 307 g/mol. The molecule has 0 spiro atoms. The summed E-state index contributed by atoms with van der Waals surface area (Å²) in [6.45, 7) is 2.93. The maximum atomic E-state index is 13.7. The molecule has 1 aromatic carbocycles. The Morgan fingerprint density at radius 3 is 2.71 bits per heavy atom. The summed E-state index contributed by atoms with van der Waals surface area (Å²) in [7, 11) is 0. The second-order valence-electron chi connectivity index (χ2n) is 4.01. The van der Waals surface area contributed by atoms with Crippen molar-refractivity contribution in [3.8, 4) is 0 Å². The maximum Gasteiger partial charge on any atom is 0.128 e. The van der Waals surface area contributed by atoms with E-state index in [4.69, 9.17) is 9.47 Å². The third-order valence-electron chi connectivity index (χ3n) is 2.74. The van der Waals surface area contributed by atoms with E-state index in [2.05, 4.69) is 15.9 Å². The van der Waals surface area contributed by atoms with Gasteiger partial charge in [-0.1, -0.05) is 15.9 Å². The number of halogens is 3. The molecular weight excluding hydrogens is 294 g/mol. The molecule has 1 aliphatic heterocycles. The van der Waals surface area contributed by atoms with Gasteiger partial charge in [0.1, 0.15) is 11.6 Å². The molecule has 2 atom stereocenters. The number of hydrogen-bond donors (Lipinski definition) is 0. The number of rotatable bonds is 2. The van der Waals surface area contributed by atoms with E-state index >= 15 is 0 Å². The van der Waals surface area contributed by atoms with E-state index in [0.717, 1.165) is 0 Å². The maximum absolute atomic E-state index is 13.7. The summed E-state index contributed by atoms with van der Waals surface area (Å²) in [4.78, 5) is -0.405. The minimum absolute atomic E-state index is 0.267. The Bertz CT molecular complexity index is 406. The molecule has 1 saturated heterocycles. The van der Waals surface area contributed by atoms with Gasteiger partial charge in [0.15, 0.2) is 0 Å². The molecule has 1 heterocycles. The van der Waals surface area contributed by atoms with Crippen molar-refractivity contribution in [3.05, 3.63) is 34.9 Å². The van der Waals surface area contributed by atoms with Crippen LogP contribution in [0.2, 0.25) is 0 Å². The molecule has 0 saturated carbocycles. The lowest BCUT2D eigenvalue weighted by molar-refractivity contribution is -0.0879. The van der Waals surface area contributed by atoms with Crippen LogP contribution < -0.4 is 0 Å².